The number of hydrogen-bond donors (Lipinski definition) is 2. The van der Waals surface area contributed by atoms with E-state index in [0.29, 0.717) is 28.5 Å². The molecule has 0 heterocycles. The van der Waals surface area contributed by atoms with Crippen LogP contribution in [0.2, 0.25) is 0 Å². The van der Waals surface area contributed by atoms with Crippen LogP contribution >= 0.6 is 0 Å². The van der Waals surface area contributed by atoms with Gasteiger partial charge in [-0.15, -0.1) is 0 Å². The average Bonchev–Trinajstić information content (AvgIpc) is 2.60. The summed E-state index contributed by atoms with van der Waals surface area (Å²) in [6.45, 7) is -0.199. The van der Waals surface area contributed by atoms with Crippen molar-refractivity contribution in [2.75, 3.05) is 26.1 Å². The number of ether oxygens (including phenoxy) is 3. The Morgan fingerprint density at radius 2 is 1.54 bits per heavy atom. The molecule has 7 nitrogen and oxygen atoms in total. The van der Waals surface area contributed by atoms with Crippen molar-refractivity contribution in [1.29, 1.82) is 0 Å². The van der Waals surface area contributed by atoms with Crippen LogP contribution in [0.4, 0.5) is 5.69 Å². The van der Waals surface area contributed by atoms with E-state index in [4.69, 9.17) is 19.9 Å². The van der Waals surface area contributed by atoms with E-state index >= 15 is 0 Å². The molecule has 0 spiro atoms. The normalized spacial score (nSPS) is 9.92. The van der Waals surface area contributed by atoms with Gasteiger partial charge in [-0.2, -0.15) is 0 Å². The summed E-state index contributed by atoms with van der Waals surface area (Å²) in [7, 11) is 3.03. The maximum Gasteiger partial charge on any atom is 0.255 e. The number of nitrogens with two attached hydrogens (primary N) is 1. The Bertz CT molecular complexity index is 706. The van der Waals surface area contributed by atoms with E-state index in [1.54, 1.807) is 42.5 Å². The molecule has 7 heteroatoms. The van der Waals surface area contributed by atoms with Crippen LogP contribution in [0.25, 0.3) is 0 Å². The SMILES string of the molecule is COc1cc(OC)cc(C(=O)Nc2ccc(OCC(N)=O)cc2)c1. The minimum absolute atomic E-state index is 0.199. The third kappa shape index (κ3) is 4.64. The van der Waals surface area contributed by atoms with Crippen molar-refractivity contribution < 1.29 is 23.8 Å². The van der Waals surface area contributed by atoms with Gasteiger partial charge >= 0.3 is 0 Å². The van der Waals surface area contributed by atoms with Crippen molar-refractivity contribution in [2.45, 2.75) is 0 Å². The van der Waals surface area contributed by atoms with Crippen LogP contribution < -0.4 is 25.3 Å². The fourth-order valence-electron chi connectivity index (χ4n) is 1.93. The van der Waals surface area contributed by atoms with Crippen molar-refractivity contribution in [3.05, 3.63) is 48.0 Å². The van der Waals surface area contributed by atoms with Crippen LogP contribution in [0.15, 0.2) is 42.5 Å². The van der Waals surface area contributed by atoms with Gasteiger partial charge in [-0.25, -0.2) is 0 Å². The molecule has 0 radical (unpaired) electrons. The van der Waals surface area contributed by atoms with Gasteiger partial charge < -0.3 is 25.3 Å². The summed E-state index contributed by atoms with van der Waals surface area (Å²) in [5, 5.41) is 2.76. The second kappa shape index (κ2) is 7.87. The zero-order chi connectivity index (χ0) is 17.5. The van der Waals surface area contributed by atoms with Crippen molar-refractivity contribution >= 4 is 17.5 Å². The zero-order valence-electron chi connectivity index (χ0n) is 13.4. The predicted octanol–water partition coefficient (Wildman–Crippen LogP) is 1.82. The molecule has 2 rings (SSSR count). The maximum atomic E-state index is 12.3. The molecule has 0 saturated carbocycles. The molecule has 0 aliphatic heterocycles. The minimum atomic E-state index is -0.556. The lowest BCUT2D eigenvalue weighted by molar-refractivity contribution is -0.119. The Labute approximate surface area is 139 Å². The smallest absolute Gasteiger partial charge is 0.255 e. The molecule has 2 amide bonds. The Balaban J connectivity index is 2.07. The van der Waals surface area contributed by atoms with E-state index in [-0.39, 0.29) is 12.5 Å². The molecule has 0 saturated heterocycles. The molecule has 2 aromatic carbocycles. The van der Waals surface area contributed by atoms with Crippen LogP contribution in [-0.4, -0.2) is 32.6 Å². The number of carbonyl (C=O) groups excluding carboxylic acids is 2. The lowest BCUT2D eigenvalue weighted by Crippen LogP contribution is -2.20. The number of benzene rings is 2. The van der Waals surface area contributed by atoms with Gasteiger partial charge in [0.25, 0.3) is 11.8 Å². The fourth-order valence-corrected chi connectivity index (χ4v) is 1.93. The summed E-state index contributed by atoms with van der Waals surface area (Å²) in [6.07, 6.45) is 0. The van der Waals surface area contributed by atoms with Gasteiger partial charge in [0.15, 0.2) is 6.61 Å². The average molecular weight is 330 g/mol. The van der Waals surface area contributed by atoms with Gasteiger partial charge in [-0.05, 0) is 36.4 Å². The van der Waals surface area contributed by atoms with E-state index in [1.807, 2.05) is 0 Å². The highest BCUT2D eigenvalue weighted by molar-refractivity contribution is 6.04. The highest BCUT2D eigenvalue weighted by atomic mass is 16.5. The van der Waals surface area contributed by atoms with Gasteiger partial charge in [-0.3, -0.25) is 9.59 Å². The number of hydrogen-bond acceptors (Lipinski definition) is 5. The highest BCUT2D eigenvalue weighted by Crippen LogP contribution is 2.23. The Morgan fingerprint density at radius 3 is 2.04 bits per heavy atom. The quantitative estimate of drug-likeness (QED) is 0.806. The number of methoxy groups -OCH3 is 2. The number of carbonyl (C=O) groups is 2. The number of anilines is 1. The Hall–Kier alpha value is -3.22. The van der Waals surface area contributed by atoms with E-state index in [0.717, 1.165) is 0 Å². The summed E-state index contributed by atoms with van der Waals surface area (Å²) < 4.78 is 15.4. The van der Waals surface area contributed by atoms with Crippen LogP contribution in [-0.2, 0) is 4.79 Å². The van der Waals surface area contributed by atoms with E-state index < -0.39 is 5.91 Å². The summed E-state index contributed by atoms with van der Waals surface area (Å²) in [4.78, 5) is 23.0. The number of rotatable bonds is 7. The summed E-state index contributed by atoms with van der Waals surface area (Å²) >= 11 is 0. The lowest BCUT2D eigenvalue weighted by Gasteiger charge is -2.10. The molecule has 0 aliphatic carbocycles. The molecular formula is C17H18N2O5. The zero-order valence-corrected chi connectivity index (χ0v) is 13.4. The lowest BCUT2D eigenvalue weighted by atomic mass is 10.1. The first-order valence-corrected chi connectivity index (χ1v) is 7.07. The van der Waals surface area contributed by atoms with Gasteiger partial charge in [0.2, 0.25) is 0 Å². The third-order valence-corrected chi connectivity index (χ3v) is 3.11. The molecule has 24 heavy (non-hydrogen) atoms. The van der Waals surface area contributed by atoms with Gasteiger partial charge in [0.05, 0.1) is 14.2 Å². The molecule has 0 unspecified atom stereocenters. The van der Waals surface area contributed by atoms with E-state index in [2.05, 4.69) is 5.32 Å². The van der Waals surface area contributed by atoms with Crippen LogP contribution in [0.5, 0.6) is 17.2 Å². The Kier molecular flexibility index (Phi) is 5.62. The second-order valence-corrected chi connectivity index (χ2v) is 4.83. The number of nitrogens with one attached hydrogen (secondary N) is 1. The van der Waals surface area contributed by atoms with Gasteiger partial charge in [-0.1, -0.05) is 0 Å². The maximum absolute atomic E-state index is 12.3. The summed E-state index contributed by atoms with van der Waals surface area (Å²) in [6, 6.07) is 11.5. The highest BCUT2D eigenvalue weighted by Gasteiger charge is 2.10. The van der Waals surface area contributed by atoms with Crippen molar-refractivity contribution in [3.63, 3.8) is 0 Å². The standard InChI is InChI=1S/C17H18N2O5/c1-22-14-7-11(8-15(9-14)23-2)17(21)19-12-3-5-13(6-4-12)24-10-16(18)20/h3-9H,10H2,1-2H3,(H2,18,20)(H,19,21). The van der Waals surface area contributed by atoms with Crippen molar-refractivity contribution in [1.82, 2.24) is 0 Å². The molecule has 2 aromatic rings. The topological polar surface area (TPSA) is 99.9 Å². The first-order chi connectivity index (χ1) is 11.5. The number of amides is 2. The van der Waals surface area contributed by atoms with Gasteiger partial charge in [0, 0.05) is 17.3 Å². The Morgan fingerprint density at radius 1 is 0.958 bits per heavy atom. The van der Waals surface area contributed by atoms with E-state index in [9.17, 15) is 9.59 Å². The van der Waals surface area contributed by atoms with Crippen LogP contribution in [0, 0.1) is 0 Å². The van der Waals surface area contributed by atoms with Crippen molar-refractivity contribution in [3.8, 4) is 17.2 Å². The minimum Gasteiger partial charge on any atom is -0.497 e. The summed E-state index contributed by atoms with van der Waals surface area (Å²) in [5.74, 6) is 0.664. The molecule has 0 aliphatic rings. The first-order valence-electron chi connectivity index (χ1n) is 7.07. The number of primary amides is 1. The van der Waals surface area contributed by atoms with Crippen LogP contribution in [0.3, 0.4) is 0 Å². The summed E-state index contributed by atoms with van der Waals surface area (Å²) in [5.41, 5.74) is 5.99. The second-order valence-electron chi connectivity index (χ2n) is 4.83. The molecular weight excluding hydrogens is 312 g/mol. The predicted molar refractivity (Wildman–Crippen MR) is 88.6 cm³/mol. The molecule has 0 atom stereocenters. The molecule has 0 aromatic heterocycles. The monoisotopic (exact) mass is 330 g/mol. The fraction of sp³-hybridized carbons (Fsp3) is 0.176. The molecule has 3 N–H and O–H groups in total. The third-order valence-electron chi connectivity index (χ3n) is 3.11. The van der Waals surface area contributed by atoms with Crippen molar-refractivity contribution in [2.24, 2.45) is 5.73 Å². The molecule has 126 valence electrons. The largest absolute Gasteiger partial charge is 0.497 e. The van der Waals surface area contributed by atoms with Crippen LogP contribution in [0.1, 0.15) is 10.4 Å². The van der Waals surface area contributed by atoms with Gasteiger partial charge in [0.1, 0.15) is 17.2 Å². The molecule has 0 bridgehead atoms. The molecule has 0 fully saturated rings. The first kappa shape index (κ1) is 17.1. The van der Waals surface area contributed by atoms with E-state index in [1.165, 1.54) is 14.2 Å².